The fourth-order valence-electron chi connectivity index (χ4n) is 2.49. The third-order valence-electron chi connectivity index (χ3n) is 3.71. The van der Waals surface area contributed by atoms with E-state index in [1.165, 1.54) is 11.8 Å². The van der Waals surface area contributed by atoms with Crippen molar-refractivity contribution in [1.29, 1.82) is 0 Å². The molecule has 1 N–H and O–H groups in total. The number of fused-ring (bicyclic) bond motifs is 2. The summed E-state index contributed by atoms with van der Waals surface area (Å²) in [4.78, 5) is 6.11. The van der Waals surface area contributed by atoms with Gasteiger partial charge in [-0.25, -0.2) is 4.99 Å². The Bertz CT molecular complexity index is 1260. The van der Waals surface area contributed by atoms with E-state index in [1.54, 1.807) is 48.5 Å². The summed E-state index contributed by atoms with van der Waals surface area (Å²) in [6.07, 6.45) is 0. The zero-order valence-corrected chi connectivity index (χ0v) is 15.0. The van der Waals surface area contributed by atoms with Gasteiger partial charge in [0.15, 0.2) is 0 Å². The van der Waals surface area contributed by atoms with Crippen molar-refractivity contribution in [2.45, 2.75) is 9.79 Å². The van der Waals surface area contributed by atoms with Gasteiger partial charge in [-0.05, 0) is 18.2 Å². The summed E-state index contributed by atoms with van der Waals surface area (Å²) in [7, 11) is 0. The van der Waals surface area contributed by atoms with Crippen molar-refractivity contribution in [3.63, 3.8) is 0 Å². The molecule has 2 heterocycles. The summed E-state index contributed by atoms with van der Waals surface area (Å²) >= 11 is 1.29. The average molecular weight is 396 g/mol. The lowest BCUT2D eigenvalue weighted by Crippen LogP contribution is -2.49. The van der Waals surface area contributed by atoms with Gasteiger partial charge >= 0.3 is 0 Å². The van der Waals surface area contributed by atoms with Crippen molar-refractivity contribution in [3.8, 4) is 0 Å². The minimum atomic E-state index is -3.38. The van der Waals surface area contributed by atoms with Gasteiger partial charge < -0.3 is 14.7 Å². The van der Waals surface area contributed by atoms with Gasteiger partial charge in [0.25, 0.3) is 0 Å². The van der Waals surface area contributed by atoms with E-state index < -0.39 is 52.3 Å². The van der Waals surface area contributed by atoms with Crippen LogP contribution < -0.4 is 0 Å². The summed E-state index contributed by atoms with van der Waals surface area (Å²) < 4.78 is 105. The monoisotopic (exact) mass is 395 g/mol. The molecular formula is C21H25N3O2S. The van der Waals surface area contributed by atoms with Gasteiger partial charge in [-0.2, -0.15) is 0 Å². The first-order chi connectivity index (χ1) is 17.7. The molecule has 6 heteroatoms. The Balaban J connectivity index is 1.87. The summed E-state index contributed by atoms with van der Waals surface area (Å²) in [6.45, 7) is -21.9. The first-order valence-electron chi connectivity index (χ1n) is 14.1. The molecule has 2 aliphatic rings. The van der Waals surface area contributed by atoms with Crippen LogP contribution in [0.2, 0.25) is 0 Å². The largest absolute Gasteiger partial charge is 0.394 e. The fraction of sp³-hybridized carbons (Fsp3) is 0.381. The molecule has 0 radical (unpaired) electrons. The number of amidine groups is 1. The first-order valence-corrected chi connectivity index (χ1v) is 8.93. The Hall–Kier alpha value is -1.86. The lowest BCUT2D eigenvalue weighted by atomic mass is 10.1. The number of rotatable bonds is 5. The zero-order chi connectivity index (χ0) is 29.2. The van der Waals surface area contributed by atoms with Crippen LogP contribution in [0.4, 0.5) is 5.69 Å². The maximum absolute atomic E-state index is 9.25. The van der Waals surface area contributed by atoms with Crippen LogP contribution in [-0.4, -0.2) is 73.0 Å². The molecule has 0 amide bonds. The van der Waals surface area contributed by atoms with Crippen molar-refractivity contribution in [2.24, 2.45) is 4.99 Å². The number of piperazine rings is 1. The predicted octanol–water partition coefficient (Wildman–Crippen LogP) is 2.86. The summed E-state index contributed by atoms with van der Waals surface area (Å²) in [6, 6.07) is 13.4. The number of para-hydroxylation sites is 1. The second-order valence-electron chi connectivity index (χ2n) is 5.46. The quantitative estimate of drug-likeness (QED) is 0.844. The molecule has 0 bridgehead atoms. The molecule has 2 aromatic carbocycles. The van der Waals surface area contributed by atoms with Gasteiger partial charge in [-0.1, -0.05) is 42.1 Å². The van der Waals surface area contributed by atoms with Crippen molar-refractivity contribution < 1.29 is 26.3 Å². The molecule has 142 valence electrons. The highest BCUT2D eigenvalue weighted by Gasteiger charge is 2.24. The van der Waals surface area contributed by atoms with Gasteiger partial charge in [0, 0.05) is 53.4 Å². The van der Waals surface area contributed by atoms with Crippen LogP contribution >= 0.6 is 11.8 Å². The molecule has 0 unspecified atom stereocenters. The molecule has 0 aliphatic carbocycles. The number of aliphatic hydroxyl groups is 1. The fourth-order valence-corrected chi connectivity index (χ4v) is 3.51. The van der Waals surface area contributed by atoms with E-state index in [4.69, 9.17) is 21.2 Å². The summed E-state index contributed by atoms with van der Waals surface area (Å²) in [5.74, 6) is -0.349. The first kappa shape index (κ1) is 9.09. The molecule has 1 fully saturated rings. The van der Waals surface area contributed by atoms with Crippen molar-refractivity contribution in [2.75, 3.05) is 52.3 Å². The topological polar surface area (TPSA) is 48.3 Å². The minimum absolute atomic E-state index is 0.0509. The van der Waals surface area contributed by atoms with Gasteiger partial charge in [0.2, 0.25) is 0 Å². The van der Waals surface area contributed by atoms with E-state index in [0.717, 1.165) is 0 Å². The maximum atomic E-state index is 9.25. The maximum Gasteiger partial charge on any atom is 0.137 e. The molecule has 1 saturated heterocycles. The van der Waals surface area contributed by atoms with E-state index in [0.29, 0.717) is 20.4 Å². The normalized spacial score (nSPS) is 32.2. The highest BCUT2D eigenvalue weighted by Crippen LogP contribution is 2.40. The highest BCUT2D eigenvalue weighted by atomic mass is 32.2. The zero-order valence-electron chi connectivity index (χ0n) is 26.1. The molecular weight excluding hydrogens is 358 g/mol. The molecule has 4 rings (SSSR count). The number of benzene rings is 2. The molecule has 27 heavy (non-hydrogen) atoms. The molecule has 0 aromatic heterocycles. The number of ether oxygens (including phenoxy) is 1. The number of nitrogens with zero attached hydrogens (tertiary/aromatic N) is 3. The molecule has 0 saturated carbocycles. The lowest BCUT2D eigenvalue weighted by Gasteiger charge is -2.36. The summed E-state index contributed by atoms with van der Waals surface area (Å²) in [5, 5.41) is 9.25. The van der Waals surface area contributed by atoms with Crippen LogP contribution in [0.25, 0.3) is 0 Å². The van der Waals surface area contributed by atoms with Crippen molar-refractivity contribution in [3.05, 3.63) is 54.1 Å². The second-order valence-corrected chi connectivity index (χ2v) is 6.55. The van der Waals surface area contributed by atoms with Gasteiger partial charge in [0.1, 0.15) is 5.84 Å². The number of hydrogen-bond donors (Lipinski definition) is 1. The molecule has 0 spiro atoms. The van der Waals surface area contributed by atoms with Gasteiger partial charge in [-0.15, -0.1) is 0 Å². The highest BCUT2D eigenvalue weighted by molar-refractivity contribution is 7.99. The Kier molecular flexibility index (Phi) is 2.99. The van der Waals surface area contributed by atoms with Crippen LogP contribution in [0, 0.1) is 0 Å². The van der Waals surface area contributed by atoms with E-state index in [9.17, 15) is 5.11 Å². The van der Waals surface area contributed by atoms with Crippen LogP contribution in [0.15, 0.2) is 63.3 Å². The van der Waals surface area contributed by atoms with E-state index in [1.807, 2.05) is 0 Å². The Morgan fingerprint density at radius 3 is 2.63 bits per heavy atom. The van der Waals surface area contributed by atoms with Crippen LogP contribution in [-0.2, 0) is 4.74 Å². The van der Waals surface area contributed by atoms with Gasteiger partial charge in [0.05, 0.1) is 36.4 Å². The van der Waals surface area contributed by atoms with Crippen molar-refractivity contribution >= 4 is 23.3 Å². The average Bonchev–Trinajstić information content (AvgIpc) is 2.96. The Labute approximate surface area is 181 Å². The van der Waals surface area contributed by atoms with E-state index >= 15 is 0 Å². The smallest absolute Gasteiger partial charge is 0.137 e. The predicted molar refractivity (Wildman–Crippen MR) is 109 cm³/mol. The van der Waals surface area contributed by atoms with Crippen LogP contribution in [0.5, 0.6) is 0 Å². The number of hydrogen-bond acceptors (Lipinski definition) is 6. The SMILES string of the molecule is [2H]C([2H])(O)COC([2H])([2H])CN1C([2H])([2H])C([2H])([2H])N(C2=Nc3ccccc3Sc3ccccc32)C([2H])([2H])C1([2H])[2H]. The lowest BCUT2D eigenvalue weighted by molar-refractivity contribution is 0.0652. The molecule has 2 aromatic rings. The van der Waals surface area contributed by atoms with E-state index in [-0.39, 0.29) is 16.3 Å². The van der Waals surface area contributed by atoms with E-state index in [2.05, 4.69) is 4.99 Å². The number of aliphatic imine (C=N–C) groups is 1. The molecule has 2 aliphatic heterocycles. The third kappa shape index (κ3) is 4.35. The van der Waals surface area contributed by atoms with Gasteiger partial charge in [-0.3, -0.25) is 4.90 Å². The Morgan fingerprint density at radius 2 is 1.81 bits per heavy atom. The molecule has 5 nitrogen and oxygen atoms in total. The van der Waals surface area contributed by atoms with Crippen LogP contribution in [0.1, 0.15) is 22.0 Å². The minimum Gasteiger partial charge on any atom is -0.394 e. The molecule has 0 atom stereocenters. The second kappa shape index (κ2) is 8.89. The standard InChI is InChI=1S/C21H25N3O2S/c25-14-16-26-15-13-23-9-11-24(12-10-23)21-17-5-1-3-7-19(17)27-20-8-4-2-6-18(20)22-21/h1-8,25H,9-16H2/i9D2,10D2,11D2,12D2,14D2,15D2. The summed E-state index contributed by atoms with van der Waals surface area (Å²) in [5.41, 5.74) is 0.585. The Morgan fingerprint density at radius 1 is 1.07 bits per heavy atom. The third-order valence-corrected chi connectivity index (χ3v) is 4.85. The van der Waals surface area contributed by atoms with Crippen LogP contribution in [0.3, 0.4) is 0 Å². The van der Waals surface area contributed by atoms with Crippen molar-refractivity contribution in [1.82, 2.24) is 9.80 Å².